The van der Waals surface area contributed by atoms with Crippen LogP contribution in [-0.2, 0) is 0 Å². The fourth-order valence-corrected chi connectivity index (χ4v) is 3.65. The number of nitrogens with one attached hydrogen (secondary N) is 2. The van der Waals surface area contributed by atoms with Gasteiger partial charge in [0, 0.05) is 45.5 Å². The van der Waals surface area contributed by atoms with Crippen LogP contribution in [0.1, 0.15) is 33.1 Å². The van der Waals surface area contributed by atoms with Crippen molar-refractivity contribution in [3.8, 4) is 0 Å². The van der Waals surface area contributed by atoms with Crippen LogP contribution in [0.15, 0.2) is 35.3 Å². The summed E-state index contributed by atoms with van der Waals surface area (Å²) in [4.78, 5) is 9.36. The van der Waals surface area contributed by atoms with E-state index >= 15 is 0 Å². The van der Waals surface area contributed by atoms with Crippen LogP contribution >= 0.6 is 0 Å². The summed E-state index contributed by atoms with van der Waals surface area (Å²) in [5, 5.41) is 6.97. The molecule has 0 aromatic heterocycles. The first-order chi connectivity index (χ1) is 12.8. The van der Waals surface area contributed by atoms with E-state index in [2.05, 4.69) is 69.6 Å². The molecule has 2 N–H and O–H groups in total. The molecule has 1 heterocycles. The fourth-order valence-electron chi connectivity index (χ4n) is 3.65. The summed E-state index contributed by atoms with van der Waals surface area (Å²) < 4.78 is 0. The third-order valence-electron chi connectivity index (χ3n) is 5.09. The first kappa shape index (κ1) is 20.6. The molecule has 1 unspecified atom stereocenters. The van der Waals surface area contributed by atoms with E-state index in [9.17, 15) is 0 Å². The summed E-state index contributed by atoms with van der Waals surface area (Å²) in [6.07, 6.45) is 3.64. The molecule has 0 spiro atoms. The molecule has 0 radical (unpaired) electrons. The molecule has 1 atom stereocenters. The van der Waals surface area contributed by atoms with E-state index in [4.69, 9.17) is 0 Å². The number of benzene rings is 1. The van der Waals surface area contributed by atoms with Gasteiger partial charge in [-0.15, -0.1) is 0 Å². The normalized spacial score (nSPS) is 18.1. The number of nitrogens with zero attached hydrogens (tertiary/aromatic N) is 3. The Labute approximate surface area is 159 Å². The number of rotatable bonds is 10. The van der Waals surface area contributed by atoms with Gasteiger partial charge in [-0.3, -0.25) is 4.99 Å². The van der Waals surface area contributed by atoms with Gasteiger partial charge in [0.1, 0.15) is 0 Å². The molecule has 146 valence electrons. The lowest BCUT2D eigenvalue weighted by molar-refractivity contribution is 0.324. The van der Waals surface area contributed by atoms with Gasteiger partial charge in [0.25, 0.3) is 0 Å². The first-order valence-electron chi connectivity index (χ1n) is 10.2. The molecule has 1 fully saturated rings. The highest BCUT2D eigenvalue weighted by atomic mass is 15.2. The van der Waals surface area contributed by atoms with Crippen molar-refractivity contribution in [3.63, 3.8) is 0 Å². The van der Waals surface area contributed by atoms with E-state index in [-0.39, 0.29) is 0 Å². The van der Waals surface area contributed by atoms with E-state index in [1.54, 1.807) is 0 Å². The number of hydrogen-bond donors (Lipinski definition) is 2. The zero-order valence-electron chi connectivity index (χ0n) is 16.9. The number of anilines is 1. The van der Waals surface area contributed by atoms with Gasteiger partial charge < -0.3 is 20.4 Å². The molecular weight excluding hydrogens is 322 g/mol. The van der Waals surface area contributed by atoms with Crippen LogP contribution in [-0.4, -0.2) is 63.7 Å². The van der Waals surface area contributed by atoms with Crippen LogP contribution < -0.4 is 15.5 Å². The molecule has 0 aliphatic carbocycles. The molecule has 1 aliphatic heterocycles. The molecule has 0 amide bonds. The molecule has 5 nitrogen and oxygen atoms in total. The molecule has 1 aromatic carbocycles. The van der Waals surface area contributed by atoms with Gasteiger partial charge in [-0.1, -0.05) is 25.1 Å². The average Bonchev–Trinajstić information content (AvgIpc) is 3.13. The first-order valence-corrected chi connectivity index (χ1v) is 10.2. The van der Waals surface area contributed by atoms with Crippen LogP contribution in [0.25, 0.3) is 0 Å². The van der Waals surface area contributed by atoms with Crippen molar-refractivity contribution in [3.05, 3.63) is 30.3 Å². The van der Waals surface area contributed by atoms with Gasteiger partial charge in [0.2, 0.25) is 0 Å². The van der Waals surface area contributed by atoms with Gasteiger partial charge in [0.15, 0.2) is 5.96 Å². The second-order valence-electron chi connectivity index (χ2n) is 7.10. The minimum atomic E-state index is 0.744. The lowest BCUT2D eigenvalue weighted by atomic mass is 10.1. The van der Waals surface area contributed by atoms with Gasteiger partial charge in [-0.2, -0.15) is 0 Å². The van der Waals surface area contributed by atoms with Crippen LogP contribution in [0.4, 0.5) is 5.69 Å². The van der Waals surface area contributed by atoms with Gasteiger partial charge in [-0.05, 0) is 57.3 Å². The molecule has 0 bridgehead atoms. The maximum Gasteiger partial charge on any atom is 0.190 e. The third kappa shape index (κ3) is 6.87. The Hall–Kier alpha value is -1.75. The number of para-hydroxylation sites is 1. The Bertz CT molecular complexity index is 516. The zero-order chi connectivity index (χ0) is 18.6. The number of guanidine groups is 1. The molecule has 2 rings (SSSR count). The quantitative estimate of drug-likeness (QED) is 0.383. The summed E-state index contributed by atoms with van der Waals surface area (Å²) >= 11 is 0. The van der Waals surface area contributed by atoms with Crippen molar-refractivity contribution in [1.29, 1.82) is 0 Å². The lowest BCUT2D eigenvalue weighted by Gasteiger charge is -2.23. The Balaban J connectivity index is 1.63. The minimum Gasteiger partial charge on any atom is -0.372 e. The van der Waals surface area contributed by atoms with Crippen molar-refractivity contribution < 1.29 is 0 Å². The van der Waals surface area contributed by atoms with Crippen molar-refractivity contribution in [2.75, 3.05) is 57.8 Å². The highest BCUT2D eigenvalue weighted by Gasteiger charge is 2.21. The van der Waals surface area contributed by atoms with Crippen LogP contribution in [0.5, 0.6) is 0 Å². The summed E-state index contributed by atoms with van der Waals surface area (Å²) in [6.45, 7) is 12.2. The van der Waals surface area contributed by atoms with Crippen molar-refractivity contribution in [2.24, 2.45) is 10.9 Å². The summed E-state index contributed by atoms with van der Waals surface area (Å²) in [5.41, 5.74) is 1.30. The Morgan fingerprint density at radius 1 is 1.23 bits per heavy atom. The predicted octanol–water partition coefficient (Wildman–Crippen LogP) is 2.80. The highest BCUT2D eigenvalue weighted by molar-refractivity contribution is 5.79. The summed E-state index contributed by atoms with van der Waals surface area (Å²) in [6, 6.07) is 10.6. The van der Waals surface area contributed by atoms with E-state index in [0.29, 0.717) is 0 Å². The molecular formula is C21H37N5. The predicted molar refractivity (Wildman–Crippen MR) is 113 cm³/mol. The molecule has 1 aromatic rings. The van der Waals surface area contributed by atoms with E-state index in [1.165, 1.54) is 38.2 Å². The molecule has 1 aliphatic rings. The monoisotopic (exact) mass is 359 g/mol. The zero-order valence-corrected chi connectivity index (χ0v) is 16.9. The second-order valence-corrected chi connectivity index (χ2v) is 7.10. The van der Waals surface area contributed by atoms with E-state index < -0.39 is 0 Å². The summed E-state index contributed by atoms with van der Waals surface area (Å²) in [7, 11) is 1.86. The summed E-state index contributed by atoms with van der Waals surface area (Å²) in [5.74, 6) is 1.68. The number of hydrogen-bond acceptors (Lipinski definition) is 3. The largest absolute Gasteiger partial charge is 0.372 e. The van der Waals surface area contributed by atoms with Crippen molar-refractivity contribution >= 4 is 11.6 Å². The highest BCUT2D eigenvalue weighted by Crippen LogP contribution is 2.15. The fraction of sp³-hybridized carbons (Fsp3) is 0.667. The molecule has 1 saturated heterocycles. The average molecular weight is 360 g/mol. The maximum absolute atomic E-state index is 4.37. The Kier molecular flexibility index (Phi) is 9.32. The third-order valence-corrected chi connectivity index (χ3v) is 5.09. The van der Waals surface area contributed by atoms with Crippen LogP contribution in [0.3, 0.4) is 0 Å². The Morgan fingerprint density at radius 3 is 2.73 bits per heavy atom. The van der Waals surface area contributed by atoms with Crippen LogP contribution in [0.2, 0.25) is 0 Å². The Morgan fingerprint density at radius 2 is 2.04 bits per heavy atom. The van der Waals surface area contributed by atoms with Gasteiger partial charge in [0.05, 0.1) is 0 Å². The number of aliphatic imine (C=N–C) groups is 1. The molecule has 5 heteroatoms. The topological polar surface area (TPSA) is 42.9 Å². The van der Waals surface area contributed by atoms with Crippen molar-refractivity contribution in [1.82, 2.24) is 15.5 Å². The smallest absolute Gasteiger partial charge is 0.190 e. The second kappa shape index (κ2) is 11.8. The lowest BCUT2D eigenvalue weighted by Crippen LogP contribution is -2.41. The van der Waals surface area contributed by atoms with E-state index in [1.807, 2.05) is 7.05 Å². The SMILES string of the molecule is CCCN1CCC(CNC(=NC)NCCCN(CC)c2ccccc2)C1. The maximum atomic E-state index is 4.37. The van der Waals surface area contributed by atoms with Gasteiger partial charge in [-0.25, -0.2) is 0 Å². The molecule has 26 heavy (non-hydrogen) atoms. The van der Waals surface area contributed by atoms with E-state index in [0.717, 1.165) is 44.5 Å². The number of likely N-dealkylation sites (tertiary alicyclic amines) is 1. The minimum absolute atomic E-state index is 0.744. The molecule has 0 saturated carbocycles. The van der Waals surface area contributed by atoms with Crippen LogP contribution in [0, 0.1) is 5.92 Å². The standard InChI is InChI=1S/C21H37N5/c1-4-14-25-16-12-19(18-25)17-24-21(22-3)23-13-9-15-26(5-2)20-10-7-6-8-11-20/h6-8,10-11,19H,4-5,9,12-18H2,1-3H3,(H2,22,23,24). The van der Waals surface area contributed by atoms with Crippen molar-refractivity contribution in [2.45, 2.75) is 33.1 Å². The van der Waals surface area contributed by atoms with Gasteiger partial charge >= 0.3 is 0 Å².